The second-order valence-electron chi connectivity index (χ2n) is 3.50. The Labute approximate surface area is 114 Å². The molecule has 0 aromatic carbocycles. The van der Waals surface area contributed by atoms with E-state index in [-0.39, 0.29) is 11.7 Å². The molecule has 0 aliphatic heterocycles. The fraction of sp³-hybridized carbons (Fsp3) is 0.167. The van der Waals surface area contributed by atoms with Gasteiger partial charge in [0.25, 0.3) is 5.22 Å². The highest BCUT2D eigenvalue weighted by molar-refractivity contribution is 7.99. The minimum atomic E-state index is -0.106. The van der Waals surface area contributed by atoms with E-state index >= 15 is 0 Å². The highest BCUT2D eigenvalue weighted by Gasteiger charge is 2.10. The lowest BCUT2D eigenvalue weighted by Gasteiger charge is -1.98. The summed E-state index contributed by atoms with van der Waals surface area (Å²) in [4.78, 5) is 15.3. The molecule has 98 valence electrons. The molecule has 0 saturated carbocycles. The van der Waals surface area contributed by atoms with Gasteiger partial charge in [0.1, 0.15) is 0 Å². The predicted molar refractivity (Wildman–Crippen MR) is 71.5 cm³/mol. The Hall–Kier alpha value is -2.15. The summed E-state index contributed by atoms with van der Waals surface area (Å²) in [7, 11) is 0. The quantitative estimate of drug-likeness (QED) is 0.636. The van der Waals surface area contributed by atoms with E-state index in [1.807, 2.05) is 6.07 Å². The maximum Gasteiger partial charge on any atom is 0.277 e. The third kappa shape index (κ3) is 3.92. The molecule has 0 fully saturated rings. The van der Waals surface area contributed by atoms with Gasteiger partial charge >= 0.3 is 0 Å². The van der Waals surface area contributed by atoms with E-state index in [0.29, 0.717) is 17.7 Å². The molecule has 1 N–H and O–H groups in total. The maximum absolute atomic E-state index is 11.4. The van der Waals surface area contributed by atoms with E-state index < -0.39 is 0 Å². The van der Waals surface area contributed by atoms with Crippen molar-refractivity contribution in [2.75, 3.05) is 12.3 Å². The normalized spacial score (nSPS) is 10.1. The van der Waals surface area contributed by atoms with Gasteiger partial charge in [-0.3, -0.25) is 9.78 Å². The zero-order chi connectivity index (χ0) is 13.5. The molecule has 0 unspecified atom stereocenters. The molecule has 19 heavy (non-hydrogen) atoms. The van der Waals surface area contributed by atoms with Crippen LogP contribution in [0.15, 0.2) is 46.8 Å². The first-order valence-electron chi connectivity index (χ1n) is 5.54. The molecule has 0 bridgehead atoms. The van der Waals surface area contributed by atoms with E-state index in [0.717, 1.165) is 5.56 Å². The van der Waals surface area contributed by atoms with Gasteiger partial charge < -0.3 is 9.73 Å². The van der Waals surface area contributed by atoms with Gasteiger partial charge in [-0.05, 0) is 12.1 Å². The molecule has 0 atom stereocenters. The summed E-state index contributed by atoms with van der Waals surface area (Å²) in [5, 5.41) is 10.8. The summed E-state index contributed by atoms with van der Waals surface area (Å²) < 4.78 is 5.43. The Morgan fingerprint density at radius 3 is 3.16 bits per heavy atom. The van der Waals surface area contributed by atoms with Crippen LogP contribution in [-0.2, 0) is 4.79 Å². The molecule has 2 heterocycles. The Balaban J connectivity index is 1.91. The summed E-state index contributed by atoms with van der Waals surface area (Å²) >= 11 is 1.19. The molecule has 0 saturated heterocycles. The molecule has 7 heteroatoms. The SMILES string of the molecule is C=CCNC(=O)CSc1nnc(-c2cccnc2)o1. The smallest absolute Gasteiger partial charge is 0.277 e. The molecule has 1 amide bonds. The fourth-order valence-electron chi connectivity index (χ4n) is 1.24. The monoisotopic (exact) mass is 276 g/mol. The molecule has 2 aromatic heterocycles. The number of hydrogen-bond donors (Lipinski definition) is 1. The number of nitrogens with zero attached hydrogens (tertiary/aromatic N) is 3. The average Bonchev–Trinajstić information content (AvgIpc) is 2.93. The Morgan fingerprint density at radius 1 is 1.53 bits per heavy atom. The van der Waals surface area contributed by atoms with E-state index in [2.05, 4.69) is 27.1 Å². The zero-order valence-corrected chi connectivity index (χ0v) is 10.9. The van der Waals surface area contributed by atoms with Gasteiger partial charge in [-0.1, -0.05) is 17.8 Å². The van der Waals surface area contributed by atoms with Crippen LogP contribution < -0.4 is 5.32 Å². The fourth-order valence-corrected chi connectivity index (χ4v) is 1.83. The molecular weight excluding hydrogens is 264 g/mol. The van der Waals surface area contributed by atoms with Crippen molar-refractivity contribution in [3.05, 3.63) is 37.2 Å². The van der Waals surface area contributed by atoms with Crippen molar-refractivity contribution in [2.45, 2.75) is 5.22 Å². The van der Waals surface area contributed by atoms with Crippen LogP contribution in [0.1, 0.15) is 0 Å². The number of carbonyl (C=O) groups excluding carboxylic acids is 1. The van der Waals surface area contributed by atoms with Crippen LogP contribution >= 0.6 is 11.8 Å². The van der Waals surface area contributed by atoms with Gasteiger partial charge in [0.05, 0.1) is 11.3 Å². The van der Waals surface area contributed by atoms with E-state index in [1.54, 1.807) is 24.5 Å². The summed E-state index contributed by atoms with van der Waals surface area (Å²) in [5.74, 6) is 0.510. The van der Waals surface area contributed by atoms with Crippen molar-refractivity contribution >= 4 is 17.7 Å². The number of pyridine rings is 1. The zero-order valence-electron chi connectivity index (χ0n) is 10.1. The van der Waals surface area contributed by atoms with Gasteiger partial charge in [0.15, 0.2) is 0 Å². The van der Waals surface area contributed by atoms with Crippen molar-refractivity contribution < 1.29 is 9.21 Å². The Kier molecular flexibility index (Phi) is 4.68. The first-order chi connectivity index (χ1) is 9.29. The molecule has 2 aromatic rings. The highest BCUT2D eigenvalue weighted by Crippen LogP contribution is 2.21. The minimum absolute atomic E-state index is 0.106. The van der Waals surface area contributed by atoms with Crippen LogP contribution in [0.5, 0.6) is 0 Å². The number of carbonyl (C=O) groups is 1. The van der Waals surface area contributed by atoms with Crippen molar-refractivity contribution in [3.8, 4) is 11.5 Å². The van der Waals surface area contributed by atoms with Crippen LogP contribution in [-0.4, -0.2) is 33.4 Å². The predicted octanol–water partition coefficient (Wildman–Crippen LogP) is 1.53. The van der Waals surface area contributed by atoms with Crippen LogP contribution in [0.3, 0.4) is 0 Å². The maximum atomic E-state index is 11.4. The number of thioether (sulfide) groups is 1. The van der Waals surface area contributed by atoms with Gasteiger partial charge in [-0.15, -0.1) is 16.8 Å². The number of amides is 1. The lowest BCUT2D eigenvalue weighted by Crippen LogP contribution is -2.24. The second-order valence-corrected chi connectivity index (χ2v) is 4.42. The number of nitrogens with one attached hydrogen (secondary N) is 1. The highest BCUT2D eigenvalue weighted by atomic mass is 32.2. The van der Waals surface area contributed by atoms with Gasteiger partial charge in [-0.25, -0.2) is 0 Å². The molecular formula is C12H12N4O2S. The van der Waals surface area contributed by atoms with E-state index in [9.17, 15) is 4.79 Å². The molecule has 0 spiro atoms. The molecule has 2 rings (SSSR count). The first kappa shape index (κ1) is 13.3. The van der Waals surface area contributed by atoms with E-state index in [4.69, 9.17) is 4.42 Å². The summed E-state index contributed by atoms with van der Waals surface area (Å²) in [6.07, 6.45) is 4.92. The third-order valence-corrected chi connectivity index (χ3v) is 2.90. The number of hydrogen-bond acceptors (Lipinski definition) is 6. The van der Waals surface area contributed by atoms with Crippen LogP contribution in [0.4, 0.5) is 0 Å². The summed E-state index contributed by atoms with van der Waals surface area (Å²) in [5.41, 5.74) is 0.748. The first-order valence-corrected chi connectivity index (χ1v) is 6.52. The molecule has 0 aliphatic rings. The van der Waals surface area contributed by atoms with E-state index in [1.165, 1.54) is 11.8 Å². The van der Waals surface area contributed by atoms with Gasteiger partial charge in [0, 0.05) is 18.9 Å². The largest absolute Gasteiger partial charge is 0.411 e. The Bertz CT molecular complexity index is 556. The second kappa shape index (κ2) is 6.69. The Morgan fingerprint density at radius 2 is 2.42 bits per heavy atom. The lowest BCUT2D eigenvalue weighted by atomic mass is 10.3. The van der Waals surface area contributed by atoms with Crippen molar-refractivity contribution in [1.82, 2.24) is 20.5 Å². The van der Waals surface area contributed by atoms with Gasteiger partial charge in [0.2, 0.25) is 11.8 Å². The van der Waals surface area contributed by atoms with Crippen molar-refractivity contribution in [3.63, 3.8) is 0 Å². The molecule has 0 aliphatic carbocycles. The lowest BCUT2D eigenvalue weighted by molar-refractivity contribution is -0.118. The molecule has 0 radical (unpaired) electrons. The van der Waals surface area contributed by atoms with Crippen molar-refractivity contribution in [2.24, 2.45) is 0 Å². The summed E-state index contributed by atoms with van der Waals surface area (Å²) in [6, 6.07) is 3.61. The minimum Gasteiger partial charge on any atom is -0.411 e. The van der Waals surface area contributed by atoms with Crippen molar-refractivity contribution in [1.29, 1.82) is 0 Å². The van der Waals surface area contributed by atoms with Crippen LogP contribution in [0, 0.1) is 0 Å². The molecule has 6 nitrogen and oxygen atoms in total. The topological polar surface area (TPSA) is 80.9 Å². The summed E-state index contributed by atoms with van der Waals surface area (Å²) in [6.45, 7) is 3.97. The number of rotatable bonds is 6. The van der Waals surface area contributed by atoms with Gasteiger partial charge in [-0.2, -0.15) is 0 Å². The van der Waals surface area contributed by atoms with Crippen LogP contribution in [0.25, 0.3) is 11.5 Å². The average molecular weight is 276 g/mol. The van der Waals surface area contributed by atoms with Crippen LogP contribution in [0.2, 0.25) is 0 Å². The number of aromatic nitrogens is 3. The standard InChI is InChI=1S/C12H12N4O2S/c1-2-5-14-10(17)8-19-12-16-15-11(18-12)9-4-3-6-13-7-9/h2-4,6-7H,1,5,8H2,(H,14,17). The third-order valence-electron chi connectivity index (χ3n) is 2.09.